The van der Waals surface area contributed by atoms with Crippen molar-refractivity contribution in [3.8, 4) is 5.75 Å². The second-order valence-corrected chi connectivity index (χ2v) is 23.3. The predicted octanol–water partition coefficient (Wildman–Crippen LogP) is -3.19. The molecule has 0 saturated carbocycles. The summed E-state index contributed by atoms with van der Waals surface area (Å²) in [7, 11) is 0. The highest BCUT2D eigenvalue weighted by atomic mass is 32.2. The number of unbranched alkanes of at least 4 members (excludes halogenated alkanes) is 1. The van der Waals surface area contributed by atoms with Crippen LogP contribution in [0.4, 0.5) is 0 Å². The van der Waals surface area contributed by atoms with Crippen molar-refractivity contribution < 1.29 is 48.3 Å². The monoisotopic (exact) mass is 1250 g/mol. The Hall–Kier alpha value is -7.67. The van der Waals surface area contributed by atoms with E-state index >= 15 is 0 Å². The summed E-state index contributed by atoms with van der Waals surface area (Å²) in [4.78, 5) is 138. The molecule has 27 N–H and O–H groups in total. The average Bonchev–Trinajstić information content (AvgIpc) is 3.11. The van der Waals surface area contributed by atoms with Gasteiger partial charge in [0.2, 0.25) is 53.2 Å². The molecule has 0 saturated heterocycles. The zero-order chi connectivity index (χ0) is 65.8. The number of rotatable bonds is 44. The molecule has 9 amide bonds. The molecule has 1 aromatic rings. The molecular formula is C56H102N20O10S. The van der Waals surface area contributed by atoms with Gasteiger partial charge in [-0.1, -0.05) is 60.1 Å². The number of aromatic hydroxyl groups is 1. The quantitative estimate of drug-likeness (QED) is 0.0174. The molecular weight excluding hydrogens is 1140 g/mol. The largest absolute Gasteiger partial charge is 0.508 e. The first-order valence-corrected chi connectivity index (χ1v) is 31.0. The number of carbonyl (C=O) groups is 9. The van der Waals surface area contributed by atoms with Crippen molar-refractivity contribution in [1.29, 1.82) is 0 Å². The molecule has 1 aromatic carbocycles. The van der Waals surface area contributed by atoms with Gasteiger partial charge in [0.05, 0.1) is 6.04 Å². The normalized spacial score (nSPS) is 14.6. The van der Waals surface area contributed by atoms with Gasteiger partial charge in [0.1, 0.15) is 54.1 Å². The lowest BCUT2D eigenvalue weighted by Crippen LogP contribution is -2.61. The van der Waals surface area contributed by atoms with Gasteiger partial charge >= 0.3 is 0 Å². The van der Waals surface area contributed by atoms with Crippen molar-refractivity contribution in [2.45, 2.75) is 186 Å². The van der Waals surface area contributed by atoms with Gasteiger partial charge in [0.25, 0.3) is 0 Å². The number of nitrogens with two attached hydrogens (primary N) is 9. The van der Waals surface area contributed by atoms with Gasteiger partial charge in [0.15, 0.2) is 17.9 Å². The number of hydrogen-bond acceptors (Lipinski definition) is 16. The number of carbonyl (C=O) groups excluding carboxylic acids is 9. The molecule has 10 unspecified atom stereocenters. The minimum Gasteiger partial charge on any atom is -0.508 e. The van der Waals surface area contributed by atoms with E-state index in [0.717, 1.165) is 0 Å². The number of nitrogens with zero attached hydrogens (tertiary/aromatic N) is 3. The topological polar surface area (TPSA) is 541 Å². The minimum atomic E-state index is -1.45. The zero-order valence-electron chi connectivity index (χ0n) is 51.7. The standard InChI is InChI=1S/C56H102N20O10S/c1-8-33(6)44(76-46(79)36(58)28-31(2)3)53(86)75-43(30-34-18-20-35(77)21-19-34)52(85)72-39(16-12-25-67-55(62)63)48(81)70-38(15-11-24-66-54(60)61)47(80)71-40(17-13-26-68-56(64)65)49(82)74-42(29-32(4)5)51(84)73-41(22-27-87-7)50(83)69-37(45(59)78)14-9-10-23-57/h18-21,31-33,36-44,77H,8-17,22-30,57-58H2,1-7H3,(H2,59,78)(H,69,83)(H,70,81)(H,71,80)(H,72,85)(H,73,84)(H,74,82)(H,75,86)(H,76,79)(H4,60,61,66)(H4,62,63,67)(H4,64,65,68). The van der Waals surface area contributed by atoms with Crippen molar-refractivity contribution >= 4 is 82.8 Å². The summed E-state index contributed by atoms with van der Waals surface area (Å²) in [6, 6.07) is -5.30. The third-order valence-electron chi connectivity index (χ3n) is 13.8. The highest BCUT2D eigenvalue weighted by Gasteiger charge is 2.36. The summed E-state index contributed by atoms with van der Waals surface area (Å²) in [5.41, 5.74) is 51.5. The lowest BCUT2D eigenvalue weighted by atomic mass is 9.96. The second-order valence-electron chi connectivity index (χ2n) is 22.4. The second kappa shape index (κ2) is 42.2. The Morgan fingerprint density at radius 2 is 0.862 bits per heavy atom. The van der Waals surface area contributed by atoms with Crippen LogP contribution in [0.2, 0.25) is 0 Å². The Morgan fingerprint density at radius 1 is 0.483 bits per heavy atom. The molecule has 87 heavy (non-hydrogen) atoms. The van der Waals surface area contributed by atoms with Gasteiger partial charge in [-0.3, -0.25) is 58.1 Å². The number of phenols is 1. The number of nitrogens with one attached hydrogen (secondary N) is 8. The Bertz CT molecular complexity index is 2420. The predicted molar refractivity (Wildman–Crippen MR) is 338 cm³/mol. The minimum absolute atomic E-state index is 0.00289. The number of primary amides is 1. The van der Waals surface area contributed by atoms with Crippen LogP contribution in [0.1, 0.15) is 131 Å². The average molecular weight is 1250 g/mol. The van der Waals surface area contributed by atoms with E-state index in [1.165, 1.54) is 23.9 Å². The highest BCUT2D eigenvalue weighted by Crippen LogP contribution is 2.16. The van der Waals surface area contributed by atoms with E-state index in [-0.39, 0.29) is 119 Å². The van der Waals surface area contributed by atoms with Crippen LogP contribution in [0.15, 0.2) is 39.2 Å². The van der Waals surface area contributed by atoms with Crippen LogP contribution in [-0.4, -0.2) is 169 Å². The van der Waals surface area contributed by atoms with E-state index in [0.29, 0.717) is 43.5 Å². The van der Waals surface area contributed by atoms with E-state index in [4.69, 9.17) is 51.6 Å². The van der Waals surface area contributed by atoms with E-state index < -0.39 is 113 Å². The van der Waals surface area contributed by atoms with E-state index in [1.807, 2.05) is 40.9 Å². The molecule has 0 radical (unpaired) electrons. The molecule has 0 aromatic heterocycles. The summed E-state index contributed by atoms with van der Waals surface area (Å²) in [5.74, 6) is -7.73. The highest BCUT2D eigenvalue weighted by molar-refractivity contribution is 7.98. The van der Waals surface area contributed by atoms with Crippen molar-refractivity contribution in [2.75, 3.05) is 38.2 Å². The van der Waals surface area contributed by atoms with E-state index in [9.17, 15) is 48.3 Å². The first-order valence-electron chi connectivity index (χ1n) is 29.6. The SMILES string of the molecule is CCC(C)C(NC(=O)C(N)CC(C)C)C(=O)NC(Cc1ccc(O)cc1)C(=O)NC(CCCN=C(N)N)C(=O)NC(CCCN=C(N)N)C(=O)NC(CCCN=C(N)N)C(=O)NC(CC(C)C)C(=O)NC(CCSC)C(=O)NC(CCCCN)C(N)=O. The van der Waals surface area contributed by atoms with Gasteiger partial charge in [-0.2, -0.15) is 11.8 Å². The first kappa shape index (κ1) is 77.3. The third-order valence-corrected chi connectivity index (χ3v) is 14.4. The summed E-state index contributed by atoms with van der Waals surface area (Å²) >= 11 is 1.42. The molecule has 0 aliphatic heterocycles. The van der Waals surface area contributed by atoms with Crippen molar-refractivity contribution in [3.05, 3.63) is 29.8 Å². The molecule has 10 atom stereocenters. The summed E-state index contributed by atoms with van der Waals surface area (Å²) in [5, 5.41) is 31.9. The Labute approximate surface area is 515 Å². The smallest absolute Gasteiger partial charge is 0.243 e. The van der Waals surface area contributed by atoms with Crippen LogP contribution in [0.3, 0.4) is 0 Å². The van der Waals surface area contributed by atoms with Crippen LogP contribution in [0.5, 0.6) is 5.75 Å². The lowest BCUT2D eigenvalue weighted by molar-refractivity contribution is -0.136. The maximum Gasteiger partial charge on any atom is 0.243 e. The Kier molecular flexibility index (Phi) is 37.5. The van der Waals surface area contributed by atoms with E-state index in [2.05, 4.69) is 57.5 Å². The van der Waals surface area contributed by atoms with Crippen molar-refractivity contribution in [2.24, 2.45) is 84.3 Å². The number of benzene rings is 1. The van der Waals surface area contributed by atoms with Crippen LogP contribution < -0.4 is 94.1 Å². The number of phenolic OH excluding ortho intramolecular Hbond substituents is 1. The number of amides is 9. The maximum atomic E-state index is 14.7. The molecule has 0 bridgehead atoms. The summed E-state index contributed by atoms with van der Waals surface area (Å²) < 4.78 is 0. The molecule has 0 heterocycles. The molecule has 31 heteroatoms. The Balaban J connectivity index is 3.86. The van der Waals surface area contributed by atoms with Crippen LogP contribution >= 0.6 is 11.8 Å². The van der Waals surface area contributed by atoms with Gasteiger partial charge in [0, 0.05) is 26.1 Å². The van der Waals surface area contributed by atoms with Gasteiger partial charge < -0.3 is 99.2 Å². The number of thioether (sulfide) groups is 1. The first-order chi connectivity index (χ1) is 41.0. The molecule has 0 aliphatic rings. The van der Waals surface area contributed by atoms with Gasteiger partial charge in [-0.05, 0) is 131 Å². The van der Waals surface area contributed by atoms with Gasteiger partial charge in [-0.15, -0.1) is 0 Å². The molecule has 1 rings (SSSR count). The van der Waals surface area contributed by atoms with Crippen LogP contribution in [0, 0.1) is 17.8 Å². The Morgan fingerprint density at radius 3 is 1.25 bits per heavy atom. The van der Waals surface area contributed by atoms with Gasteiger partial charge in [-0.25, -0.2) is 0 Å². The molecule has 0 fully saturated rings. The molecule has 0 aliphatic carbocycles. The maximum absolute atomic E-state index is 14.7. The molecule has 492 valence electrons. The summed E-state index contributed by atoms with van der Waals surface area (Å²) in [6.45, 7) is 11.4. The number of guanidine groups is 3. The number of hydrogen-bond donors (Lipinski definition) is 18. The number of aliphatic imine (C=N–C) groups is 3. The van der Waals surface area contributed by atoms with E-state index in [1.54, 1.807) is 19.1 Å². The van der Waals surface area contributed by atoms with Crippen LogP contribution in [-0.2, 0) is 49.6 Å². The fourth-order valence-electron chi connectivity index (χ4n) is 8.85. The van der Waals surface area contributed by atoms with Crippen LogP contribution in [0.25, 0.3) is 0 Å². The molecule has 0 spiro atoms. The fourth-order valence-corrected chi connectivity index (χ4v) is 9.32. The lowest BCUT2D eigenvalue weighted by Gasteiger charge is -2.29. The third kappa shape index (κ3) is 32.6. The molecule has 30 nitrogen and oxygen atoms in total. The summed E-state index contributed by atoms with van der Waals surface area (Å²) in [6.07, 6.45) is 4.01. The fraction of sp³-hybridized carbons (Fsp3) is 0.679. The van der Waals surface area contributed by atoms with Crippen molar-refractivity contribution in [1.82, 2.24) is 42.5 Å². The van der Waals surface area contributed by atoms with Crippen molar-refractivity contribution in [3.63, 3.8) is 0 Å². The zero-order valence-corrected chi connectivity index (χ0v) is 52.6.